The molecular weight excluding hydrogens is 420 g/mol. The van der Waals surface area contributed by atoms with Crippen molar-refractivity contribution in [2.45, 2.75) is 27.2 Å². The number of aryl methyl sites for hydroxylation is 2. The summed E-state index contributed by atoms with van der Waals surface area (Å²) >= 11 is 0. The number of aromatic nitrogens is 3. The Morgan fingerprint density at radius 2 is 2.06 bits per heavy atom. The second kappa shape index (κ2) is 9.47. The number of carbonyl (C=O) groups is 2. The lowest BCUT2D eigenvalue weighted by Gasteiger charge is -2.25. The number of Topliss-reactive ketones (excluding diaryl/α,β-unsaturated/α-hetero) is 1. The summed E-state index contributed by atoms with van der Waals surface area (Å²) in [5.41, 5.74) is 3.36. The predicted octanol–water partition coefficient (Wildman–Crippen LogP) is 4.13. The number of nitrogens with one attached hydrogen (secondary N) is 2. The second-order valence-electron chi connectivity index (χ2n) is 7.50. The quantitative estimate of drug-likeness (QED) is 0.559. The number of carbonyl (C=O) groups excluding carboxylic acids is 2. The topological polar surface area (TPSA) is 113 Å². The molecule has 0 atom stereocenters. The van der Waals surface area contributed by atoms with Gasteiger partial charge in [-0.1, -0.05) is 12.2 Å². The third-order valence-electron chi connectivity index (χ3n) is 5.08. The maximum absolute atomic E-state index is 12.6. The number of nitrogens with zero attached hydrogens (tertiary/aromatic N) is 4. The van der Waals surface area contributed by atoms with Crippen molar-refractivity contribution < 1.29 is 14.0 Å². The van der Waals surface area contributed by atoms with Crippen molar-refractivity contribution in [2.24, 2.45) is 0 Å². The van der Waals surface area contributed by atoms with Gasteiger partial charge in [-0.3, -0.25) is 14.5 Å². The van der Waals surface area contributed by atoms with Crippen molar-refractivity contribution in [3.05, 3.63) is 77.6 Å². The minimum Gasteiger partial charge on any atom is -0.427 e. The fourth-order valence-corrected chi connectivity index (χ4v) is 3.49. The first kappa shape index (κ1) is 21.9. The van der Waals surface area contributed by atoms with Crippen LogP contribution < -0.4 is 15.5 Å². The van der Waals surface area contributed by atoms with Crippen LogP contribution in [0.25, 0.3) is 0 Å². The van der Waals surface area contributed by atoms with Gasteiger partial charge in [-0.2, -0.15) is 4.98 Å². The zero-order chi connectivity index (χ0) is 23.4. The normalized spacial score (nSPS) is 12.9. The van der Waals surface area contributed by atoms with E-state index in [9.17, 15) is 9.59 Å². The Labute approximate surface area is 191 Å². The van der Waals surface area contributed by atoms with Crippen LogP contribution in [-0.4, -0.2) is 33.2 Å². The third-order valence-corrected chi connectivity index (χ3v) is 5.08. The number of hydrogen-bond donors (Lipinski definition) is 2. The lowest BCUT2D eigenvalue weighted by atomic mass is 10.1. The van der Waals surface area contributed by atoms with E-state index in [1.54, 1.807) is 35.4 Å². The second-order valence-corrected chi connectivity index (χ2v) is 7.50. The first-order valence-corrected chi connectivity index (χ1v) is 10.6. The highest BCUT2D eigenvalue weighted by molar-refractivity contribution is 6.02. The van der Waals surface area contributed by atoms with Gasteiger partial charge in [0.2, 0.25) is 11.8 Å². The zero-order valence-electron chi connectivity index (χ0n) is 18.6. The molecule has 0 aliphatic heterocycles. The first-order chi connectivity index (χ1) is 16.0. The molecule has 2 aromatic heterocycles. The largest absolute Gasteiger partial charge is 0.427 e. The zero-order valence-corrected chi connectivity index (χ0v) is 18.6. The van der Waals surface area contributed by atoms with Gasteiger partial charge in [0.15, 0.2) is 12.2 Å². The fraction of sp³-hybridized carbons (Fsp3) is 0.208. The van der Waals surface area contributed by atoms with Crippen LogP contribution in [0.2, 0.25) is 0 Å². The van der Waals surface area contributed by atoms with Crippen molar-refractivity contribution in [3.8, 4) is 0 Å². The van der Waals surface area contributed by atoms with E-state index in [2.05, 4.69) is 25.6 Å². The summed E-state index contributed by atoms with van der Waals surface area (Å²) in [5, 5.41) is 5.98. The fourth-order valence-electron chi connectivity index (χ4n) is 3.49. The van der Waals surface area contributed by atoms with Crippen molar-refractivity contribution in [2.75, 3.05) is 16.8 Å². The third kappa shape index (κ3) is 4.67. The molecule has 2 N–H and O–H groups in total. The van der Waals surface area contributed by atoms with E-state index >= 15 is 0 Å². The number of anilines is 4. The molecule has 0 spiro atoms. The van der Waals surface area contributed by atoms with Crippen LogP contribution in [0, 0.1) is 13.8 Å². The number of ketones is 1. The molecule has 1 aliphatic rings. The Hall–Kier alpha value is -4.27. The molecule has 0 saturated carbocycles. The van der Waals surface area contributed by atoms with Crippen LogP contribution >= 0.6 is 0 Å². The summed E-state index contributed by atoms with van der Waals surface area (Å²) in [4.78, 5) is 39.5. The van der Waals surface area contributed by atoms with Gasteiger partial charge in [-0.15, -0.1) is 0 Å². The summed E-state index contributed by atoms with van der Waals surface area (Å²) in [7, 11) is 0. The minimum atomic E-state index is -0.113. The summed E-state index contributed by atoms with van der Waals surface area (Å²) in [6.45, 7) is 6.18. The summed E-state index contributed by atoms with van der Waals surface area (Å²) in [6, 6.07) is 5.42. The SMILES string of the molecule is CCNC(=O)c1ccc(Nc2ncc(C)c(N(C3=CC=CCC3=O)c3cnco3)n2)cc1C. The Bertz CT molecular complexity index is 1250. The van der Waals surface area contributed by atoms with Gasteiger partial charge in [0, 0.05) is 36.0 Å². The van der Waals surface area contributed by atoms with Gasteiger partial charge in [-0.25, -0.2) is 9.97 Å². The van der Waals surface area contributed by atoms with Crippen LogP contribution in [0.3, 0.4) is 0 Å². The average molecular weight is 444 g/mol. The molecule has 0 radical (unpaired) electrons. The molecule has 0 bridgehead atoms. The van der Waals surface area contributed by atoms with Gasteiger partial charge in [0.05, 0.1) is 11.9 Å². The Morgan fingerprint density at radius 3 is 2.76 bits per heavy atom. The Morgan fingerprint density at radius 1 is 1.21 bits per heavy atom. The van der Waals surface area contributed by atoms with Crippen molar-refractivity contribution in [1.29, 1.82) is 0 Å². The van der Waals surface area contributed by atoms with E-state index in [0.717, 1.165) is 16.8 Å². The van der Waals surface area contributed by atoms with Crippen LogP contribution in [0.5, 0.6) is 0 Å². The van der Waals surface area contributed by atoms with Crippen molar-refractivity contribution in [3.63, 3.8) is 0 Å². The molecular formula is C24H24N6O3. The van der Waals surface area contributed by atoms with Gasteiger partial charge >= 0.3 is 0 Å². The molecule has 0 unspecified atom stereocenters. The van der Waals surface area contributed by atoms with Crippen molar-refractivity contribution in [1.82, 2.24) is 20.3 Å². The number of oxazole rings is 1. The van der Waals surface area contributed by atoms with Gasteiger partial charge in [0.25, 0.3) is 5.91 Å². The lowest BCUT2D eigenvalue weighted by Crippen LogP contribution is -2.25. The molecule has 168 valence electrons. The molecule has 1 aromatic carbocycles. The van der Waals surface area contributed by atoms with E-state index in [1.807, 2.05) is 32.9 Å². The summed E-state index contributed by atoms with van der Waals surface area (Å²) < 4.78 is 5.51. The summed E-state index contributed by atoms with van der Waals surface area (Å²) in [6.07, 6.45) is 10.2. The molecule has 4 rings (SSSR count). The van der Waals surface area contributed by atoms with Crippen LogP contribution in [-0.2, 0) is 4.79 Å². The molecule has 3 aromatic rings. The number of allylic oxidation sites excluding steroid dienone is 4. The van der Waals surface area contributed by atoms with E-state index in [4.69, 9.17) is 4.42 Å². The predicted molar refractivity (Wildman–Crippen MR) is 125 cm³/mol. The number of amides is 1. The lowest BCUT2D eigenvalue weighted by molar-refractivity contribution is -0.114. The molecule has 9 heteroatoms. The molecule has 0 saturated heterocycles. The molecule has 2 heterocycles. The number of benzene rings is 1. The maximum atomic E-state index is 12.6. The Kier molecular flexibility index (Phi) is 6.30. The molecule has 9 nitrogen and oxygen atoms in total. The molecule has 1 amide bonds. The van der Waals surface area contributed by atoms with Gasteiger partial charge in [0.1, 0.15) is 5.82 Å². The summed E-state index contributed by atoms with van der Waals surface area (Å²) in [5.74, 6) is 1.04. The minimum absolute atomic E-state index is 0.0574. The van der Waals surface area contributed by atoms with E-state index < -0.39 is 0 Å². The molecule has 33 heavy (non-hydrogen) atoms. The highest BCUT2D eigenvalue weighted by atomic mass is 16.4. The van der Waals surface area contributed by atoms with Crippen LogP contribution in [0.4, 0.5) is 23.3 Å². The standard InChI is InChI=1S/C24H24N6O3/c1-4-26-23(32)18-10-9-17(11-15(18)2)28-24-27-12-16(3)22(29-24)30(21-13-25-14-33-21)19-7-5-6-8-20(19)31/h5-7,9-14H,4,8H2,1-3H3,(H,26,32)(H,27,28,29). The highest BCUT2D eigenvalue weighted by Crippen LogP contribution is 2.33. The molecule has 1 aliphatic carbocycles. The smallest absolute Gasteiger partial charge is 0.251 e. The van der Waals surface area contributed by atoms with Gasteiger partial charge in [-0.05, 0) is 50.6 Å². The van der Waals surface area contributed by atoms with E-state index in [0.29, 0.717) is 41.9 Å². The average Bonchev–Trinajstić information content (AvgIpc) is 3.32. The Balaban J connectivity index is 1.68. The maximum Gasteiger partial charge on any atom is 0.251 e. The highest BCUT2D eigenvalue weighted by Gasteiger charge is 2.26. The van der Waals surface area contributed by atoms with Crippen molar-refractivity contribution >= 4 is 35.0 Å². The number of hydrogen-bond acceptors (Lipinski definition) is 8. The monoisotopic (exact) mass is 444 g/mol. The van der Waals surface area contributed by atoms with E-state index in [1.165, 1.54) is 12.6 Å². The van der Waals surface area contributed by atoms with Crippen LogP contribution in [0.1, 0.15) is 34.8 Å². The van der Waals surface area contributed by atoms with Gasteiger partial charge < -0.3 is 15.1 Å². The van der Waals surface area contributed by atoms with E-state index in [-0.39, 0.29) is 11.7 Å². The number of rotatable bonds is 7. The van der Waals surface area contributed by atoms with Crippen LogP contribution in [0.15, 0.2) is 65.3 Å². The first-order valence-electron chi connectivity index (χ1n) is 10.6. The molecule has 0 fully saturated rings.